The maximum Gasteiger partial charge on any atom is 0.116 e. The zero-order valence-corrected chi connectivity index (χ0v) is 10.2. The van der Waals surface area contributed by atoms with Gasteiger partial charge in [0, 0.05) is 19.6 Å². The molecule has 1 aromatic carbocycles. The van der Waals surface area contributed by atoms with Gasteiger partial charge in [-0.1, -0.05) is 12.1 Å². The Morgan fingerprint density at radius 1 is 1.44 bits per heavy atom. The lowest BCUT2D eigenvalue weighted by atomic mass is 10.1. The molecule has 5 nitrogen and oxygen atoms in total. The molecule has 0 radical (unpaired) electrons. The summed E-state index contributed by atoms with van der Waals surface area (Å²) < 4.78 is 5.30. The van der Waals surface area contributed by atoms with Gasteiger partial charge in [0.15, 0.2) is 0 Å². The van der Waals surface area contributed by atoms with Crippen molar-refractivity contribution in [1.29, 1.82) is 5.26 Å². The molecule has 1 atom stereocenters. The minimum Gasteiger partial charge on any atom is -0.379 e. The molecular formula is C13H17N3O2. The predicted molar refractivity (Wildman–Crippen MR) is 66.4 cm³/mol. The molecular weight excluding hydrogens is 230 g/mol. The Morgan fingerprint density at radius 3 is 2.89 bits per heavy atom. The summed E-state index contributed by atoms with van der Waals surface area (Å²) in [5, 5.41) is 8.89. The molecule has 96 valence electrons. The number of nitrogens with two attached hydrogens (primary N) is 1. The van der Waals surface area contributed by atoms with E-state index >= 15 is 0 Å². The topological polar surface area (TPSA) is 71.5 Å². The molecule has 1 unspecified atom stereocenters. The molecule has 1 aromatic rings. The highest BCUT2D eigenvalue weighted by Gasteiger charge is 2.18. The fraction of sp³-hybridized carbons (Fsp3) is 0.462. The van der Waals surface area contributed by atoms with Crippen LogP contribution in [-0.2, 0) is 9.57 Å². The Bertz CT molecular complexity index is 424. The van der Waals surface area contributed by atoms with Gasteiger partial charge in [0.1, 0.15) is 6.10 Å². The number of morpholine rings is 1. The number of nitriles is 1. The first-order chi connectivity index (χ1) is 8.83. The summed E-state index contributed by atoms with van der Waals surface area (Å²) in [7, 11) is 0. The van der Waals surface area contributed by atoms with Gasteiger partial charge in [-0.05, 0) is 17.7 Å². The number of benzene rings is 1. The molecule has 0 aromatic heterocycles. The van der Waals surface area contributed by atoms with E-state index in [4.69, 9.17) is 20.7 Å². The van der Waals surface area contributed by atoms with E-state index in [0.29, 0.717) is 5.56 Å². The molecule has 1 fully saturated rings. The van der Waals surface area contributed by atoms with Crippen molar-refractivity contribution in [2.24, 2.45) is 5.90 Å². The average molecular weight is 247 g/mol. The first kappa shape index (κ1) is 13.0. The Morgan fingerprint density at radius 2 is 2.22 bits per heavy atom. The van der Waals surface area contributed by atoms with Gasteiger partial charge in [0.2, 0.25) is 0 Å². The minimum atomic E-state index is -0.212. The molecule has 18 heavy (non-hydrogen) atoms. The van der Waals surface area contributed by atoms with E-state index in [1.165, 1.54) is 0 Å². The molecule has 0 amide bonds. The molecule has 2 N–H and O–H groups in total. The van der Waals surface area contributed by atoms with Crippen LogP contribution in [0.3, 0.4) is 0 Å². The van der Waals surface area contributed by atoms with Crippen molar-refractivity contribution in [2.45, 2.75) is 6.10 Å². The van der Waals surface area contributed by atoms with E-state index in [1.54, 1.807) is 6.07 Å². The number of rotatable bonds is 4. The maximum absolute atomic E-state index is 8.89. The van der Waals surface area contributed by atoms with Crippen molar-refractivity contribution in [3.05, 3.63) is 35.4 Å². The van der Waals surface area contributed by atoms with E-state index in [9.17, 15) is 0 Å². The summed E-state index contributed by atoms with van der Waals surface area (Å²) in [6, 6.07) is 9.48. The molecule has 2 rings (SSSR count). The van der Waals surface area contributed by atoms with E-state index in [-0.39, 0.29) is 6.10 Å². The summed E-state index contributed by atoms with van der Waals surface area (Å²) in [6.45, 7) is 3.98. The van der Waals surface area contributed by atoms with E-state index in [0.717, 1.165) is 38.4 Å². The fourth-order valence-electron chi connectivity index (χ4n) is 2.05. The van der Waals surface area contributed by atoms with Crippen LogP contribution in [0.4, 0.5) is 0 Å². The molecule has 0 saturated carbocycles. The van der Waals surface area contributed by atoms with Crippen LogP contribution in [0.2, 0.25) is 0 Å². The smallest absolute Gasteiger partial charge is 0.116 e. The lowest BCUT2D eigenvalue weighted by molar-refractivity contribution is -0.0140. The first-order valence-corrected chi connectivity index (χ1v) is 5.99. The van der Waals surface area contributed by atoms with Crippen LogP contribution in [0.15, 0.2) is 24.3 Å². The minimum absolute atomic E-state index is 0.212. The van der Waals surface area contributed by atoms with Gasteiger partial charge in [0.05, 0.1) is 24.8 Å². The van der Waals surface area contributed by atoms with Crippen molar-refractivity contribution in [3.63, 3.8) is 0 Å². The lowest BCUT2D eigenvalue weighted by Gasteiger charge is -2.29. The monoisotopic (exact) mass is 247 g/mol. The summed E-state index contributed by atoms with van der Waals surface area (Å²) in [4.78, 5) is 7.30. The molecule has 0 spiro atoms. The largest absolute Gasteiger partial charge is 0.379 e. The van der Waals surface area contributed by atoms with Crippen LogP contribution in [0, 0.1) is 11.3 Å². The highest BCUT2D eigenvalue weighted by atomic mass is 16.6. The second kappa shape index (κ2) is 6.47. The van der Waals surface area contributed by atoms with E-state index in [1.807, 2.05) is 18.2 Å². The summed E-state index contributed by atoms with van der Waals surface area (Å²) in [5.41, 5.74) is 1.56. The number of hydrogen-bond donors (Lipinski definition) is 1. The van der Waals surface area contributed by atoms with Crippen molar-refractivity contribution in [1.82, 2.24) is 4.90 Å². The molecule has 1 heterocycles. The van der Waals surface area contributed by atoms with Crippen molar-refractivity contribution in [3.8, 4) is 6.07 Å². The van der Waals surface area contributed by atoms with Crippen LogP contribution >= 0.6 is 0 Å². The normalized spacial score (nSPS) is 18.2. The zero-order valence-electron chi connectivity index (χ0n) is 10.2. The highest BCUT2D eigenvalue weighted by molar-refractivity contribution is 5.33. The molecule has 0 aliphatic carbocycles. The molecule has 0 bridgehead atoms. The third kappa shape index (κ3) is 3.28. The number of nitrogens with zero attached hydrogens (tertiary/aromatic N) is 2. The third-order valence-corrected chi connectivity index (χ3v) is 3.08. The SMILES string of the molecule is N#Cc1cccc(C(CN2CCOCC2)ON)c1. The molecule has 5 heteroatoms. The van der Waals surface area contributed by atoms with Gasteiger partial charge in [-0.2, -0.15) is 5.26 Å². The Balaban J connectivity index is 2.05. The van der Waals surface area contributed by atoms with Crippen molar-refractivity contribution < 1.29 is 9.57 Å². The highest BCUT2D eigenvalue weighted by Crippen LogP contribution is 2.18. The van der Waals surface area contributed by atoms with Gasteiger partial charge in [0.25, 0.3) is 0 Å². The standard InChI is InChI=1S/C13H17N3O2/c14-9-11-2-1-3-12(8-11)13(18-15)10-16-4-6-17-7-5-16/h1-3,8,13H,4-7,10,15H2. The van der Waals surface area contributed by atoms with Crippen molar-refractivity contribution >= 4 is 0 Å². The Kier molecular flexibility index (Phi) is 4.67. The van der Waals surface area contributed by atoms with E-state index in [2.05, 4.69) is 11.0 Å². The summed E-state index contributed by atoms with van der Waals surface area (Å²) in [5.74, 6) is 5.37. The summed E-state index contributed by atoms with van der Waals surface area (Å²) >= 11 is 0. The summed E-state index contributed by atoms with van der Waals surface area (Å²) in [6.07, 6.45) is -0.212. The number of hydrogen-bond acceptors (Lipinski definition) is 5. The predicted octanol–water partition coefficient (Wildman–Crippen LogP) is 0.822. The second-order valence-corrected chi connectivity index (χ2v) is 4.27. The van der Waals surface area contributed by atoms with E-state index < -0.39 is 0 Å². The molecule has 1 aliphatic heterocycles. The first-order valence-electron chi connectivity index (χ1n) is 5.99. The number of ether oxygens (including phenoxy) is 1. The fourth-order valence-corrected chi connectivity index (χ4v) is 2.05. The van der Waals surface area contributed by atoms with Crippen LogP contribution in [-0.4, -0.2) is 37.7 Å². The quantitative estimate of drug-likeness (QED) is 0.798. The zero-order chi connectivity index (χ0) is 12.8. The Labute approximate surface area is 107 Å². The van der Waals surface area contributed by atoms with Crippen LogP contribution < -0.4 is 5.90 Å². The second-order valence-electron chi connectivity index (χ2n) is 4.27. The van der Waals surface area contributed by atoms with Crippen LogP contribution in [0.1, 0.15) is 17.2 Å². The molecule has 1 aliphatic rings. The van der Waals surface area contributed by atoms with Gasteiger partial charge in [-0.25, -0.2) is 5.90 Å². The van der Waals surface area contributed by atoms with Crippen LogP contribution in [0.5, 0.6) is 0 Å². The molecule has 1 saturated heterocycles. The van der Waals surface area contributed by atoms with Crippen molar-refractivity contribution in [2.75, 3.05) is 32.8 Å². The average Bonchev–Trinajstić information content (AvgIpc) is 2.46. The maximum atomic E-state index is 8.89. The van der Waals surface area contributed by atoms with Crippen LogP contribution in [0.25, 0.3) is 0 Å². The van der Waals surface area contributed by atoms with Gasteiger partial charge < -0.3 is 4.74 Å². The Hall–Kier alpha value is -1.45. The van der Waals surface area contributed by atoms with Gasteiger partial charge >= 0.3 is 0 Å². The third-order valence-electron chi connectivity index (χ3n) is 3.08. The lowest BCUT2D eigenvalue weighted by Crippen LogP contribution is -2.39. The van der Waals surface area contributed by atoms with Gasteiger partial charge in [-0.3, -0.25) is 9.74 Å². The van der Waals surface area contributed by atoms with Gasteiger partial charge in [-0.15, -0.1) is 0 Å².